The predicted molar refractivity (Wildman–Crippen MR) is 126 cm³/mol. The number of benzene rings is 3. The van der Waals surface area contributed by atoms with Gasteiger partial charge in [0, 0.05) is 26.7 Å². The van der Waals surface area contributed by atoms with E-state index in [-0.39, 0.29) is 5.91 Å². The van der Waals surface area contributed by atoms with Gasteiger partial charge in [-0.15, -0.1) is 0 Å². The van der Waals surface area contributed by atoms with Gasteiger partial charge in [-0.2, -0.15) is 0 Å². The van der Waals surface area contributed by atoms with Crippen LogP contribution in [-0.4, -0.2) is 10.9 Å². The lowest BCUT2D eigenvalue weighted by Crippen LogP contribution is -2.13. The van der Waals surface area contributed by atoms with Gasteiger partial charge in [-0.25, -0.2) is 4.98 Å². The summed E-state index contributed by atoms with van der Waals surface area (Å²) in [7, 11) is 0. The van der Waals surface area contributed by atoms with Gasteiger partial charge in [0.2, 0.25) is 0 Å². The number of aryl methyl sites for hydroxylation is 2. The molecule has 4 aromatic rings. The molecule has 0 unspecified atom stereocenters. The first kappa shape index (κ1) is 20.4. The molecule has 1 heterocycles. The number of nitrogens with zero attached hydrogens (tertiary/aromatic N) is 1. The Bertz CT molecular complexity index is 1250. The van der Waals surface area contributed by atoms with E-state index in [1.807, 2.05) is 67.6 Å². The van der Waals surface area contributed by atoms with Gasteiger partial charge < -0.3 is 5.32 Å². The summed E-state index contributed by atoms with van der Waals surface area (Å²) < 4.78 is 0. The molecule has 5 heteroatoms. The molecule has 1 aromatic heterocycles. The van der Waals surface area contributed by atoms with Crippen molar-refractivity contribution in [2.45, 2.75) is 20.3 Å². The van der Waals surface area contributed by atoms with Gasteiger partial charge in [0.25, 0.3) is 5.91 Å². The lowest BCUT2D eigenvalue weighted by atomic mass is 10.0. The standard InChI is InChI=1S/C25H20Cl2N2O/c1-3-16-5-11-23-20(12-16)21(14-24(29-23)17-6-8-18(26)9-7-17)25(30)28-19-10-4-15(2)22(27)13-19/h4-14H,3H2,1-2H3,(H,28,30). The van der Waals surface area contributed by atoms with Crippen LogP contribution in [0.1, 0.15) is 28.4 Å². The molecule has 0 spiro atoms. The van der Waals surface area contributed by atoms with E-state index in [1.54, 1.807) is 6.07 Å². The number of aromatic nitrogens is 1. The molecule has 1 amide bonds. The van der Waals surface area contributed by atoms with E-state index < -0.39 is 0 Å². The van der Waals surface area contributed by atoms with Gasteiger partial charge in [-0.05, 0) is 66.9 Å². The van der Waals surface area contributed by atoms with Crippen LogP contribution in [0.4, 0.5) is 5.69 Å². The highest BCUT2D eigenvalue weighted by Crippen LogP contribution is 2.28. The molecule has 0 radical (unpaired) electrons. The van der Waals surface area contributed by atoms with E-state index in [0.29, 0.717) is 21.3 Å². The summed E-state index contributed by atoms with van der Waals surface area (Å²) in [5, 5.41) is 5.06. The minimum absolute atomic E-state index is 0.203. The van der Waals surface area contributed by atoms with Gasteiger partial charge in [-0.3, -0.25) is 4.79 Å². The first-order chi connectivity index (χ1) is 14.4. The number of anilines is 1. The number of pyridine rings is 1. The Balaban J connectivity index is 1.83. The number of nitrogens with one attached hydrogen (secondary N) is 1. The number of amides is 1. The van der Waals surface area contributed by atoms with Crippen molar-refractivity contribution in [2.24, 2.45) is 0 Å². The number of hydrogen-bond donors (Lipinski definition) is 1. The number of halogens is 2. The summed E-state index contributed by atoms with van der Waals surface area (Å²) in [6.07, 6.45) is 0.878. The SMILES string of the molecule is CCc1ccc2nc(-c3ccc(Cl)cc3)cc(C(=O)Nc3ccc(C)c(Cl)c3)c2c1. The molecule has 3 aromatic carbocycles. The minimum Gasteiger partial charge on any atom is -0.322 e. The monoisotopic (exact) mass is 434 g/mol. The molecule has 150 valence electrons. The molecule has 0 saturated carbocycles. The number of hydrogen-bond acceptors (Lipinski definition) is 2. The van der Waals surface area contributed by atoms with Gasteiger partial charge in [0.05, 0.1) is 16.8 Å². The average molecular weight is 435 g/mol. The second kappa shape index (κ2) is 8.47. The molecule has 30 heavy (non-hydrogen) atoms. The molecular formula is C25H20Cl2N2O. The summed E-state index contributed by atoms with van der Waals surface area (Å²) in [5.74, 6) is -0.203. The third-order valence-electron chi connectivity index (χ3n) is 5.10. The Hall–Kier alpha value is -2.88. The summed E-state index contributed by atoms with van der Waals surface area (Å²) in [4.78, 5) is 18.0. The van der Waals surface area contributed by atoms with E-state index in [9.17, 15) is 4.79 Å². The number of fused-ring (bicyclic) bond motifs is 1. The molecule has 0 saturated heterocycles. The van der Waals surface area contributed by atoms with Crippen LogP contribution in [0, 0.1) is 6.92 Å². The van der Waals surface area contributed by atoms with Crippen molar-refractivity contribution in [1.82, 2.24) is 4.98 Å². The normalized spacial score (nSPS) is 10.9. The summed E-state index contributed by atoms with van der Waals surface area (Å²) in [5.41, 5.74) is 5.71. The Labute approximate surface area is 185 Å². The quantitative estimate of drug-likeness (QED) is 0.365. The maximum Gasteiger partial charge on any atom is 0.256 e. The third kappa shape index (κ3) is 4.18. The first-order valence-electron chi connectivity index (χ1n) is 9.71. The molecule has 1 N–H and O–H groups in total. The second-order valence-corrected chi connectivity index (χ2v) is 8.03. The third-order valence-corrected chi connectivity index (χ3v) is 5.75. The Kier molecular flexibility index (Phi) is 5.76. The Morgan fingerprint density at radius 3 is 2.43 bits per heavy atom. The molecular weight excluding hydrogens is 415 g/mol. The summed E-state index contributed by atoms with van der Waals surface area (Å²) in [6.45, 7) is 4.01. The zero-order chi connectivity index (χ0) is 21.3. The van der Waals surface area contributed by atoms with Crippen LogP contribution in [0.15, 0.2) is 66.7 Å². The van der Waals surface area contributed by atoms with Crippen LogP contribution in [0.3, 0.4) is 0 Å². The molecule has 0 bridgehead atoms. The Morgan fingerprint density at radius 2 is 1.73 bits per heavy atom. The first-order valence-corrected chi connectivity index (χ1v) is 10.5. The minimum atomic E-state index is -0.203. The lowest BCUT2D eigenvalue weighted by molar-refractivity contribution is 0.102. The number of rotatable bonds is 4. The van der Waals surface area contributed by atoms with E-state index in [4.69, 9.17) is 28.2 Å². The Morgan fingerprint density at radius 1 is 0.967 bits per heavy atom. The number of carbonyl (C=O) groups excluding carboxylic acids is 1. The molecule has 0 aliphatic heterocycles. The van der Waals surface area contributed by atoms with Gasteiger partial charge in [-0.1, -0.05) is 54.4 Å². The van der Waals surface area contributed by atoms with Gasteiger partial charge >= 0.3 is 0 Å². The van der Waals surface area contributed by atoms with Crippen molar-refractivity contribution >= 4 is 45.7 Å². The fourth-order valence-electron chi connectivity index (χ4n) is 3.32. The smallest absolute Gasteiger partial charge is 0.256 e. The highest BCUT2D eigenvalue weighted by molar-refractivity contribution is 6.31. The fourth-order valence-corrected chi connectivity index (χ4v) is 3.62. The predicted octanol–water partition coefficient (Wildman–Crippen LogP) is 7.33. The van der Waals surface area contributed by atoms with Crippen molar-refractivity contribution in [3.05, 3.63) is 93.5 Å². The van der Waals surface area contributed by atoms with Crippen LogP contribution in [-0.2, 0) is 6.42 Å². The zero-order valence-corrected chi connectivity index (χ0v) is 18.2. The van der Waals surface area contributed by atoms with Crippen molar-refractivity contribution in [3.63, 3.8) is 0 Å². The molecule has 3 nitrogen and oxygen atoms in total. The van der Waals surface area contributed by atoms with Crippen LogP contribution >= 0.6 is 23.2 Å². The average Bonchev–Trinajstić information content (AvgIpc) is 2.75. The highest BCUT2D eigenvalue weighted by atomic mass is 35.5. The van der Waals surface area contributed by atoms with Crippen LogP contribution in [0.5, 0.6) is 0 Å². The molecule has 0 aliphatic rings. The van der Waals surface area contributed by atoms with E-state index >= 15 is 0 Å². The van der Waals surface area contributed by atoms with Crippen molar-refractivity contribution in [3.8, 4) is 11.3 Å². The zero-order valence-electron chi connectivity index (χ0n) is 16.7. The maximum atomic E-state index is 13.3. The summed E-state index contributed by atoms with van der Waals surface area (Å²) >= 11 is 12.3. The number of carbonyl (C=O) groups is 1. The largest absolute Gasteiger partial charge is 0.322 e. The van der Waals surface area contributed by atoms with Gasteiger partial charge in [0.1, 0.15) is 0 Å². The van der Waals surface area contributed by atoms with E-state index in [1.165, 1.54) is 0 Å². The van der Waals surface area contributed by atoms with Crippen LogP contribution in [0.25, 0.3) is 22.2 Å². The van der Waals surface area contributed by atoms with Crippen molar-refractivity contribution in [2.75, 3.05) is 5.32 Å². The molecule has 4 rings (SSSR count). The van der Waals surface area contributed by atoms with E-state index in [2.05, 4.69) is 12.2 Å². The van der Waals surface area contributed by atoms with Crippen LogP contribution < -0.4 is 5.32 Å². The van der Waals surface area contributed by atoms with Crippen LogP contribution in [0.2, 0.25) is 10.0 Å². The van der Waals surface area contributed by atoms with E-state index in [0.717, 1.165) is 39.7 Å². The van der Waals surface area contributed by atoms with Gasteiger partial charge in [0.15, 0.2) is 0 Å². The summed E-state index contributed by atoms with van der Waals surface area (Å²) in [6, 6.07) is 20.8. The highest BCUT2D eigenvalue weighted by Gasteiger charge is 2.15. The molecule has 0 aliphatic carbocycles. The van der Waals surface area contributed by atoms with Crippen molar-refractivity contribution < 1.29 is 4.79 Å². The fraction of sp³-hybridized carbons (Fsp3) is 0.120. The molecule has 0 atom stereocenters. The second-order valence-electron chi connectivity index (χ2n) is 7.19. The topological polar surface area (TPSA) is 42.0 Å². The lowest BCUT2D eigenvalue weighted by Gasteiger charge is -2.12. The van der Waals surface area contributed by atoms with Crippen molar-refractivity contribution in [1.29, 1.82) is 0 Å². The maximum absolute atomic E-state index is 13.3. The molecule has 0 fully saturated rings.